The third-order valence-corrected chi connectivity index (χ3v) is 4.22. The molecule has 0 aromatic carbocycles. The van der Waals surface area contributed by atoms with Gasteiger partial charge >= 0.3 is 11.8 Å². The number of nitrogens with zero attached hydrogens (tertiary/aromatic N) is 6. The Bertz CT molecular complexity index is 706. The molecule has 0 bridgehead atoms. The highest BCUT2D eigenvalue weighted by Crippen LogP contribution is 2.21. The minimum absolute atomic E-state index is 0.0833. The first-order chi connectivity index (χ1) is 11.3. The fourth-order valence-electron chi connectivity index (χ4n) is 2.64. The second-order valence-corrected chi connectivity index (χ2v) is 7.18. The molecule has 1 aliphatic rings. The number of rotatable bonds is 3. The summed E-state index contributed by atoms with van der Waals surface area (Å²) in [5.41, 5.74) is 0.911. The lowest BCUT2D eigenvalue weighted by Gasteiger charge is -2.33. The third kappa shape index (κ3) is 3.48. The summed E-state index contributed by atoms with van der Waals surface area (Å²) in [5, 5.41) is 12.1. The molecule has 3 rings (SSSR count). The average molecular weight is 332 g/mol. The molecule has 24 heavy (non-hydrogen) atoms. The van der Waals surface area contributed by atoms with Crippen LogP contribution >= 0.6 is 0 Å². The Hall–Kier alpha value is -2.22. The number of carbonyl (C=O) groups excluding carboxylic acids is 1. The van der Waals surface area contributed by atoms with Crippen LogP contribution in [-0.2, 0) is 19.0 Å². The third-order valence-electron chi connectivity index (χ3n) is 4.22. The Labute approximate surface area is 141 Å². The predicted molar refractivity (Wildman–Crippen MR) is 87.4 cm³/mol. The van der Waals surface area contributed by atoms with E-state index >= 15 is 0 Å². The maximum Gasteiger partial charge on any atom is 0.311 e. The van der Waals surface area contributed by atoms with Gasteiger partial charge < -0.3 is 9.32 Å². The highest BCUT2D eigenvalue weighted by molar-refractivity contribution is 5.89. The van der Waals surface area contributed by atoms with Crippen molar-refractivity contribution in [1.29, 1.82) is 0 Å². The number of hydrogen-bond acceptors (Lipinski definition) is 6. The van der Waals surface area contributed by atoms with Crippen molar-refractivity contribution in [2.75, 3.05) is 26.2 Å². The van der Waals surface area contributed by atoms with E-state index in [4.69, 9.17) is 4.42 Å². The molecule has 0 saturated carbocycles. The molecule has 130 valence electrons. The molecule has 0 aliphatic carbocycles. The summed E-state index contributed by atoms with van der Waals surface area (Å²) in [6.45, 7) is 9.72. The highest BCUT2D eigenvalue weighted by atomic mass is 16.4. The van der Waals surface area contributed by atoms with Crippen LogP contribution in [0, 0.1) is 0 Å². The Morgan fingerprint density at radius 2 is 1.92 bits per heavy atom. The largest absolute Gasteiger partial charge is 0.416 e. The zero-order valence-corrected chi connectivity index (χ0v) is 14.7. The lowest BCUT2D eigenvalue weighted by atomic mass is 9.97. The number of carbonyl (C=O) groups is 1. The second-order valence-electron chi connectivity index (χ2n) is 7.18. The van der Waals surface area contributed by atoms with Crippen LogP contribution in [0.25, 0.3) is 0 Å². The van der Waals surface area contributed by atoms with Crippen molar-refractivity contribution in [3.05, 3.63) is 29.7 Å². The van der Waals surface area contributed by atoms with E-state index in [1.807, 2.05) is 38.6 Å². The smallest absolute Gasteiger partial charge is 0.311 e. The van der Waals surface area contributed by atoms with Crippen LogP contribution in [0.2, 0.25) is 0 Å². The van der Waals surface area contributed by atoms with Crippen molar-refractivity contribution in [3.8, 4) is 0 Å². The van der Waals surface area contributed by atoms with Gasteiger partial charge in [-0.15, -0.1) is 10.2 Å². The van der Waals surface area contributed by atoms with Crippen LogP contribution in [0.15, 0.2) is 16.7 Å². The van der Waals surface area contributed by atoms with E-state index in [0.29, 0.717) is 19.0 Å². The Balaban J connectivity index is 1.57. The fraction of sp³-hybridized carbons (Fsp3) is 0.625. The van der Waals surface area contributed by atoms with Crippen LogP contribution in [-0.4, -0.2) is 61.9 Å². The van der Waals surface area contributed by atoms with E-state index < -0.39 is 0 Å². The van der Waals surface area contributed by atoms with Gasteiger partial charge in [0.1, 0.15) is 0 Å². The molecule has 8 nitrogen and oxygen atoms in total. The first kappa shape index (κ1) is 16.6. The summed E-state index contributed by atoms with van der Waals surface area (Å²) >= 11 is 0. The van der Waals surface area contributed by atoms with Crippen LogP contribution in [0.4, 0.5) is 0 Å². The number of aromatic nitrogens is 4. The Morgan fingerprint density at radius 3 is 2.46 bits per heavy atom. The molecule has 0 atom stereocenters. The molecule has 8 heteroatoms. The average Bonchev–Trinajstić information content (AvgIpc) is 3.17. The van der Waals surface area contributed by atoms with E-state index in [2.05, 4.69) is 20.2 Å². The molecule has 1 amide bonds. The molecule has 0 unspecified atom stereocenters. The van der Waals surface area contributed by atoms with Gasteiger partial charge in [0.25, 0.3) is 0 Å². The van der Waals surface area contributed by atoms with E-state index in [-0.39, 0.29) is 17.2 Å². The zero-order valence-electron chi connectivity index (χ0n) is 14.7. The molecule has 0 radical (unpaired) electrons. The van der Waals surface area contributed by atoms with Crippen molar-refractivity contribution in [2.24, 2.45) is 7.05 Å². The van der Waals surface area contributed by atoms with Crippen molar-refractivity contribution < 1.29 is 9.21 Å². The quantitative estimate of drug-likeness (QED) is 0.836. The van der Waals surface area contributed by atoms with Crippen molar-refractivity contribution in [2.45, 2.75) is 32.7 Å². The molecule has 1 aliphatic heterocycles. The number of aryl methyl sites for hydroxylation is 1. The molecule has 1 fully saturated rings. The summed E-state index contributed by atoms with van der Waals surface area (Å²) in [6, 6.07) is 2.02. The van der Waals surface area contributed by atoms with Gasteiger partial charge in [0.2, 0.25) is 5.89 Å². The van der Waals surface area contributed by atoms with E-state index in [1.165, 1.54) is 5.69 Å². The fourth-order valence-corrected chi connectivity index (χ4v) is 2.64. The van der Waals surface area contributed by atoms with E-state index in [1.54, 1.807) is 11.1 Å². The predicted octanol–water partition coefficient (Wildman–Crippen LogP) is 1.06. The van der Waals surface area contributed by atoms with Gasteiger partial charge in [-0.3, -0.25) is 14.4 Å². The van der Waals surface area contributed by atoms with Crippen LogP contribution < -0.4 is 0 Å². The minimum Gasteiger partial charge on any atom is -0.416 e. The van der Waals surface area contributed by atoms with Gasteiger partial charge in [-0.2, -0.15) is 5.10 Å². The summed E-state index contributed by atoms with van der Waals surface area (Å²) in [6.07, 6.45) is 1.80. The first-order valence-corrected chi connectivity index (χ1v) is 8.17. The second kappa shape index (κ2) is 6.35. The zero-order chi connectivity index (χ0) is 17.3. The molecule has 0 N–H and O–H groups in total. The van der Waals surface area contributed by atoms with Crippen molar-refractivity contribution >= 4 is 5.91 Å². The van der Waals surface area contributed by atoms with Gasteiger partial charge in [-0.25, -0.2) is 0 Å². The van der Waals surface area contributed by atoms with Gasteiger partial charge in [0.05, 0.1) is 5.69 Å². The molecule has 0 spiro atoms. The van der Waals surface area contributed by atoms with Crippen LogP contribution in [0.1, 0.15) is 43.0 Å². The standard InChI is InChI=1S/C16H24N6O2/c1-16(2,3)15-19-18-13(24-15)14(23)22-9-7-21(8-10-22)11-12-5-6-17-20(12)4/h5-6H,7-11H2,1-4H3. The molecule has 1 saturated heterocycles. The maximum atomic E-state index is 12.5. The molecular weight excluding hydrogens is 308 g/mol. The number of hydrogen-bond donors (Lipinski definition) is 0. The molecule has 3 heterocycles. The van der Waals surface area contributed by atoms with Crippen LogP contribution in [0.5, 0.6) is 0 Å². The van der Waals surface area contributed by atoms with Crippen molar-refractivity contribution in [1.82, 2.24) is 29.8 Å². The number of amides is 1. The molecule has 2 aromatic heterocycles. The van der Waals surface area contributed by atoms with Crippen LogP contribution in [0.3, 0.4) is 0 Å². The monoisotopic (exact) mass is 332 g/mol. The Kier molecular flexibility index (Phi) is 4.40. The number of piperazine rings is 1. The van der Waals surface area contributed by atoms with Gasteiger partial charge in [-0.05, 0) is 6.07 Å². The molecule has 2 aromatic rings. The summed E-state index contributed by atoms with van der Waals surface area (Å²) in [7, 11) is 1.94. The lowest BCUT2D eigenvalue weighted by molar-refractivity contribution is 0.0584. The van der Waals surface area contributed by atoms with E-state index in [9.17, 15) is 4.79 Å². The summed E-state index contributed by atoms with van der Waals surface area (Å²) in [5.74, 6) is 0.388. The highest BCUT2D eigenvalue weighted by Gasteiger charge is 2.28. The van der Waals surface area contributed by atoms with Crippen molar-refractivity contribution in [3.63, 3.8) is 0 Å². The Morgan fingerprint density at radius 1 is 1.21 bits per heavy atom. The maximum absolute atomic E-state index is 12.5. The van der Waals surface area contributed by atoms with Gasteiger partial charge in [0, 0.05) is 51.4 Å². The summed E-state index contributed by atoms with van der Waals surface area (Å²) in [4.78, 5) is 16.6. The van der Waals surface area contributed by atoms with Gasteiger partial charge in [0.15, 0.2) is 0 Å². The minimum atomic E-state index is -0.257. The first-order valence-electron chi connectivity index (χ1n) is 8.17. The normalized spacial score (nSPS) is 16.6. The summed E-state index contributed by atoms with van der Waals surface area (Å²) < 4.78 is 7.43. The lowest BCUT2D eigenvalue weighted by Crippen LogP contribution is -2.48. The topological polar surface area (TPSA) is 80.3 Å². The van der Waals surface area contributed by atoms with E-state index in [0.717, 1.165) is 19.6 Å². The SMILES string of the molecule is Cn1nccc1CN1CCN(C(=O)c2nnc(C(C)(C)C)o2)CC1. The van der Waals surface area contributed by atoms with Gasteiger partial charge in [-0.1, -0.05) is 20.8 Å². The molecular formula is C16H24N6O2.